The summed E-state index contributed by atoms with van der Waals surface area (Å²) in [6.45, 7) is 0. The van der Waals surface area contributed by atoms with Crippen LogP contribution in [-0.2, 0) is 0 Å². The smallest absolute Gasteiger partial charge is 0.258 e. The molecular weight excluding hydrogens is 318 g/mol. The largest absolute Gasteiger partial charge is 0.383 e. The fourth-order valence-electron chi connectivity index (χ4n) is 2.13. The average Bonchev–Trinajstić information content (AvgIpc) is 2.62. The SMILES string of the molecule is Nc1cc(NC(=O)c2ccccc2)nc(NC(=O)c2ccccc2)n1. The zero-order valence-electron chi connectivity index (χ0n) is 13.1. The second-order valence-electron chi connectivity index (χ2n) is 5.14. The molecule has 124 valence electrons. The third-order valence-electron chi connectivity index (χ3n) is 3.28. The van der Waals surface area contributed by atoms with Gasteiger partial charge in [0.2, 0.25) is 5.95 Å². The molecule has 0 fully saturated rings. The molecule has 0 aliphatic carbocycles. The second kappa shape index (κ2) is 7.22. The van der Waals surface area contributed by atoms with E-state index in [9.17, 15) is 9.59 Å². The van der Waals surface area contributed by atoms with E-state index in [2.05, 4.69) is 20.6 Å². The molecular formula is C18H15N5O2. The number of nitrogens with one attached hydrogen (secondary N) is 2. The first-order chi connectivity index (χ1) is 12.1. The molecule has 1 aromatic heterocycles. The van der Waals surface area contributed by atoms with Crippen molar-refractivity contribution in [1.82, 2.24) is 9.97 Å². The van der Waals surface area contributed by atoms with E-state index in [1.54, 1.807) is 48.5 Å². The van der Waals surface area contributed by atoms with E-state index in [1.165, 1.54) is 6.07 Å². The summed E-state index contributed by atoms with van der Waals surface area (Å²) in [5.41, 5.74) is 6.68. The standard InChI is InChI=1S/C18H15N5O2/c19-14-11-15(21-16(24)12-7-3-1-4-8-12)22-18(20-14)23-17(25)13-9-5-2-6-10-13/h1-11H,(H4,19,20,21,22,23,24,25). The Balaban J connectivity index is 1.76. The number of amides is 2. The lowest BCUT2D eigenvalue weighted by Crippen LogP contribution is -2.17. The Morgan fingerprint density at radius 1 is 0.760 bits per heavy atom. The number of carbonyl (C=O) groups excluding carboxylic acids is 2. The predicted octanol–water partition coefficient (Wildman–Crippen LogP) is 2.56. The van der Waals surface area contributed by atoms with Gasteiger partial charge in [-0.1, -0.05) is 36.4 Å². The molecule has 0 aliphatic rings. The Hall–Kier alpha value is -3.74. The maximum Gasteiger partial charge on any atom is 0.258 e. The summed E-state index contributed by atoms with van der Waals surface area (Å²) < 4.78 is 0. The predicted molar refractivity (Wildman–Crippen MR) is 95.2 cm³/mol. The fourth-order valence-corrected chi connectivity index (χ4v) is 2.13. The topological polar surface area (TPSA) is 110 Å². The van der Waals surface area contributed by atoms with Crippen LogP contribution in [-0.4, -0.2) is 21.8 Å². The van der Waals surface area contributed by atoms with E-state index >= 15 is 0 Å². The normalized spacial score (nSPS) is 10.1. The van der Waals surface area contributed by atoms with Crippen molar-refractivity contribution in [2.24, 2.45) is 0 Å². The Bertz CT molecular complexity index is 826. The van der Waals surface area contributed by atoms with Crippen molar-refractivity contribution in [3.8, 4) is 0 Å². The average molecular weight is 333 g/mol. The number of nitrogens with zero attached hydrogens (tertiary/aromatic N) is 2. The van der Waals surface area contributed by atoms with Crippen LogP contribution in [0, 0.1) is 0 Å². The van der Waals surface area contributed by atoms with Crippen LogP contribution < -0.4 is 16.4 Å². The number of hydrogen-bond donors (Lipinski definition) is 3. The van der Waals surface area contributed by atoms with Crippen molar-refractivity contribution in [3.63, 3.8) is 0 Å². The molecule has 7 heteroatoms. The first-order valence-corrected chi connectivity index (χ1v) is 7.49. The number of anilines is 3. The van der Waals surface area contributed by atoms with Crippen LogP contribution in [0.4, 0.5) is 17.6 Å². The lowest BCUT2D eigenvalue weighted by atomic mass is 10.2. The Labute approximate surface area is 143 Å². The number of rotatable bonds is 4. The van der Waals surface area contributed by atoms with Gasteiger partial charge in [-0.05, 0) is 24.3 Å². The van der Waals surface area contributed by atoms with E-state index in [4.69, 9.17) is 5.73 Å². The van der Waals surface area contributed by atoms with Gasteiger partial charge in [0, 0.05) is 17.2 Å². The molecule has 0 aliphatic heterocycles. The summed E-state index contributed by atoms with van der Waals surface area (Å²) in [5.74, 6) is -0.366. The first-order valence-electron chi connectivity index (χ1n) is 7.49. The van der Waals surface area contributed by atoms with Crippen LogP contribution in [0.5, 0.6) is 0 Å². The Morgan fingerprint density at radius 3 is 1.84 bits per heavy atom. The molecule has 2 amide bonds. The molecule has 2 aromatic carbocycles. The number of nitrogens with two attached hydrogens (primary N) is 1. The summed E-state index contributed by atoms with van der Waals surface area (Å²) in [5, 5.41) is 5.19. The van der Waals surface area contributed by atoms with Crippen molar-refractivity contribution in [2.45, 2.75) is 0 Å². The summed E-state index contributed by atoms with van der Waals surface area (Å²) >= 11 is 0. The molecule has 1 heterocycles. The monoisotopic (exact) mass is 333 g/mol. The number of hydrogen-bond acceptors (Lipinski definition) is 5. The molecule has 0 unspecified atom stereocenters. The van der Waals surface area contributed by atoms with Crippen LogP contribution in [0.1, 0.15) is 20.7 Å². The van der Waals surface area contributed by atoms with Gasteiger partial charge < -0.3 is 11.1 Å². The van der Waals surface area contributed by atoms with Gasteiger partial charge in [0.1, 0.15) is 11.6 Å². The van der Waals surface area contributed by atoms with E-state index in [-0.39, 0.29) is 29.4 Å². The maximum atomic E-state index is 12.2. The van der Waals surface area contributed by atoms with Crippen LogP contribution in [0.3, 0.4) is 0 Å². The highest BCUT2D eigenvalue weighted by molar-refractivity contribution is 6.05. The van der Waals surface area contributed by atoms with E-state index in [1.807, 2.05) is 12.1 Å². The van der Waals surface area contributed by atoms with Crippen molar-refractivity contribution in [1.29, 1.82) is 0 Å². The van der Waals surface area contributed by atoms with E-state index in [0.29, 0.717) is 11.1 Å². The maximum absolute atomic E-state index is 12.2. The summed E-state index contributed by atoms with van der Waals surface area (Å²) in [6, 6.07) is 18.8. The van der Waals surface area contributed by atoms with Gasteiger partial charge in [-0.2, -0.15) is 9.97 Å². The minimum Gasteiger partial charge on any atom is -0.383 e. The Morgan fingerprint density at radius 2 is 1.28 bits per heavy atom. The third kappa shape index (κ3) is 4.17. The minimum absolute atomic E-state index is 0.0113. The molecule has 0 radical (unpaired) electrons. The summed E-state index contributed by atoms with van der Waals surface area (Å²) in [7, 11) is 0. The molecule has 0 saturated heterocycles. The van der Waals surface area contributed by atoms with Gasteiger partial charge in [-0.15, -0.1) is 0 Å². The molecule has 0 spiro atoms. The highest BCUT2D eigenvalue weighted by Gasteiger charge is 2.11. The third-order valence-corrected chi connectivity index (χ3v) is 3.28. The van der Waals surface area contributed by atoms with Crippen LogP contribution in [0.15, 0.2) is 66.7 Å². The van der Waals surface area contributed by atoms with Crippen molar-refractivity contribution in [3.05, 3.63) is 77.9 Å². The van der Waals surface area contributed by atoms with Gasteiger partial charge in [0.05, 0.1) is 0 Å². The molecule has 4 N–H and O–H groups in total. The zero-order chi connectivity index (χ0) is 17.6. The van der Waals surface area contributed by atoms with Gasteiger partial charge in [0.15, 0.2) is 0 Å². The fraction of sp³-hybridized carbons (Fsp3) is 0. The molecule has 25 heavy (non-hydrogen) atoms. The molecule has 3 aromatic rings. The van der Waals surface area contributed by atoms with Gasteiger partial charge in [-0.25, -0.2) is 0 Å². The van der Waals surface area contributed by atoms with Crippen LogP contribution in [0.2, 0.25) is 0 Å². The molecule has 0 bridgehead atoms. The Kier molecular flexibility index (Phi) is 4.66. The number of nitrogen functional groups attached to an aromatic ring is 1. The van der Waals surface area contributed by atoms with E-state index in [0.717, 1.165) is 0 Å². The number of benzene rings is 2. The molecule has 0 saturated carbocycles. The quantitative estimate of drug-likeness (QED) is 0.679. The van der Waals surface area contributed by atoms with Crippen molar-refractivity contribution >= 4 is 29.4 Å². The molecule has 0 atom stereocenters. The van der Waals surface area contributed by atoms with Crippen molar-refractivity contribution in [2.75, 3.05) is 16.4 Å². The van der Waals surface area contributed by atoms with E-state index < -0.39 is 0 Å². The minimum atomic E-state index is -0.369. The van der Waals surface area contributed by atoms with Crippen molar-refractivity contribution < 1.29 is 9.59 Å². The lowest BCUT2D eigenvalue weighted by molar-refractivity contribution is 0.101. The lowest BCUT2D eigenvalue weighted by Gasteiger charge is -2.08. The highest BCUT2D eigenvalue weighted by atomic mass is 16.2. The van der Waals surface area contributed by atoms with Gasteiger partial charge in [-0.3, -0.25) is 14.9 Å². The first kappa shape index (κ1) is 16.1. The summed E-state index contributed by atoms with van der Waals surface area (Å²) in [6.07, 6.45) is 0. The van der Waals surface area contributed by atoms with Gasteiger partial charge in [0.25, 0.3) is 11.8 Å². The summed E-state index contributed by atoms with van der Waals surface area (Å²) in [4.78, 5) is 32.4. The molecule has 3 rings (SSSR count). The van der Waals surface area contributed by atoms with Gasteiger partial charge >= 0.3 is 0 Å². The van der Waals surface area contributed by atoms with Crippen LogP contribution >= 0.6 is 0 Å². The van der Waals surface area contributed by atoms with Crippen LogP contribution in [0.25, 0.3) is 0 Å². The zero-order valence-corrected chi connectivity index (χ0v) is 13.1. The number of carbonyl (C=O) groups is 2. The number of aromatic nitrogens is 2. The molecule has 7 nitrogen and oxygen atoms in total. The highest BCUT2D eigenvalue weighted by Crippen LogP contribution is 2.14. The second-order valence-corrected chi connectivity index (χ2v) is 5.14.